The van der Waals surface area contributed by atoms with E-state index in [9.17, 15) is 9.59 Å². The van der Waals surface area contributed by atoms with Crippen LogP contribution < -0.4 is 9.47 Å². The van der Waals surface area contributed by atoms with Crippen LogP contribution >= 0.6 is 0 Å². The summed E-state index contributed by atoms with van der Waals surface area (Å²) in [7, 11) is 0. The topological polar surface area (TPSA) is 52.6 Å². The van der Waals surface area contributed by atoms with Gasteiger partial charge < -0.3 is 9.47 Å². The highest BCUT2D eigenvalue weighted by atomic mass is 16.5. The molecule has 0 heterocycles. The lowest BCUT2D eigenvalue weighted by Crippen LogP contribution is -2.29. The first-order chi connectivity index (χ1) is 25.7. The third kappa shape index (κ3) is 5.13. The standard InChI is InChI=1S/C49H36O4/c1-29(2)47(50)52-39-21-15-33-25-37(19-13-35(33)27-39)49(38-20-14-36-28-40(22-16-34(36)26-38)53-48(51)30(3)4)45-41-11-7-5-9-31(41)17-23-43(45)44-24-18-32-10-6-8-12-42(32)46(44)49/h5-28,30H,1H2,2-4H3. The molecule has 0 unspecified atom stereocenters. The largest absolute Gasteiger partial charge is 0.426 e. The van der Waals surface area contributed by atoms with Crippen molar-refractivity contribution in [2.24, 2.45) is 5.92 Å². The van der Waals surface area contributed by atoms with E-state index in [0.717, 1.165) is 32.7 Å². The Morgan fingerprint density at radius 3 is 1.45 bits per heavy atom. The van der Waals surface area contributed by atoms with E-state index in [-0.39, 0.29) is 11.9 Å². The smallest absolute Gasteiger partial charge is 0.338 e. The molecule has 1 aliphatic rings. The summed E-state index contributed by atoms with van der Waals surface area (Å²) in [6, 6.07) is 51.4. The quantitative estimate of drug-likeness (QED) is 0.0991. The maximum Gasteiger partial charge on any atom is 0.338 e. The predicted octanol–water partition coefficient (Wildman–Crippen LogP) is 11.7. The molecular formula is C49H36O4. The van der Waals surface area contributed by atoms with Gasteiger partial charge in [-0.25, -0.2) is 4.79 Å². The zero-order valence-electron chi connectivity index (χ0n) is 29.8. The minimum atomic E-state index is -0.720. The van der Waals surface area contributed by atoms with Crippen LogP contribution in [0.2, 0.25) is 0 Å². The molecule has 0 bridgehead atoms. The van der Waals surface area contributed by atoms with Crippen molar-refractivity contribution >= 4 is 55.0 Å². The number of esters is 2. The zero-order chi connectivity index (χ0) is 36.4. The van der Waals surface area contributed by atoms with Crippen molar-refractivity contribution in [3.63, 3.8) is 0 Å². The van der Waals surface area contributed by atoms with Gasteiger partial charge in [-0.15, -0.1) is 0 Å². The fraction of sp³-hybridized carbons (Fsp3) is 0.102. The Morgan fingerprint density at radius 1 is 0.528 bits per heavy atom. The maximum absolute atomic E-state index is 12.5. The third-order valence-corrected chi connectivity index (χ3v) is 10.6. The summed E-state index contributed by atoms with van der Waals surface area (Å²) < 4.78 is 11.3. The summed E-state index contributed by atoms with van der Waals surface area (Å²) in [5.41, 5.74) is 6.81. The van der Waals surface area contributed by atoms with Gasteiger partial charge in [-0.2, -0.15) is 0 Å². The second kappa shape index (κ2) is 12.3. The molecule has 0 radical (unpaired) electrons. The van der Waals surface area contributed by atoms with E-state index in [1.807, 2.05) is 50.2 Å². The minimum Gasteiger partial charge on any atom is -0.426 e. The average molecular weight is 689 g/mol. The molecule has 4 nitrogen and oxygen atoms in total. The highest BCUT2D eigenvalue weighted by Crippen LogP contribution is 2.60. The average Bonchev–Trinajstić information content (AvgIpc) is 3.49. The van der Waals surface area contributed by atoms with Gasteiger partial charge in [0.2, 0.25) is 0 Å². The summed E-state index contributed by atoms with van der Waals surface area (Å²) >= 11 is 0. The first-order valence-corrected chi connectivity index (χ1v) is 17.9. The highest BCUT2D eigenvalue weighted by molar-refractivity contribution is 6.07. The van der Waals surface area contributed by atoms with E-state index in [0.29, 0.717) is 17.1 Å². The summed E-state index contributed by atoms with van der Waals surface area (Å²) in [5.74, 6) is 0.0964. The van der Waals surface area contributed by atoms with Crippen molar-refractivity contribution in [1.82, 2.24) is 0 Å². The molecule has 0 aliphatic heterocycles. The second-order valence-corrected chi connectivity index (χ2v) is 14.4. The van der Waals surface area contributed by atoms with Crippen LogP contribution in [-0.4, -0.2) is 11.9 Å². The third-order valence-electron chi connectivity index (χ3n) is 10.6. The number of hydrogen-bond donors (Lipinski definition) is 0. The van der Waals surface area contributed by atoms with Crippen LogP contribution in [-0.2, 0) is 15.0 Å². The molecule has 0 fully saturated rings. The Balaban J connectivity index is 1.36. The number of fused-ring (bicyclic) bond motifs is 9. The highest BCUT2D eigenvalue weighted by Gasteiger charge is 2.48. The number of hydrogen-bond acceptors (Lipinski definition) is 4. The van der Waals surface area contributed by atoms with E-state index < -0.39 is 11.4 Å². The van der Waals surface area contributed by atoms with Crippen LogP contribution in [0.4, 0.5) is 0 Å². The van der Waals surface area contributed by atoms with Crippen LogP contribution in [0.3, 0.4) is 0 Å². The second-order valence-electron chi connectivity index (χ2n) is 14.4. The predicted molar refractivity (Wildman–Crippen MR) is 215 cm³/mol. The Kier molecular flexibility index (Phi) is 7.53. The van der Waals surface area contributed by atoms with Gasteiger partial charge in [0.15, 0.2) is 0 Å². The van der Waals surface area contributed by atoms with Gasteiger partial charge >= 0.3 is 11.9 Å². The number of carbonyl (C=O) groups is 2. The van der Waals surface area contributed by atoms with Gasteiger partial charge in [0.25, 0.3) is 0 Å². The Hall–Kier alpha value is -6.52. The van der Waals surface area contributed by atoms with Crippen molar-refractivity contribution < 1.29 is 19.1 Å². The first-order valence-electron chi connectivity index (χ1n) is 17.9. The molecule has 0 N–H and O–H groups in total. The van der Waals surface area contributed by atoms with Crippen LogP contribution in [0.25, 0.3) is 54.2 Å². The molecule has 8 aromatic carbocycles. The zero-order valence-corrected chi connectivity index (χ0v) is 29.8. The lowest BCUT2D eigenvalue weighted by atomic mass is 9.65. The molecule has 0 atom stereocenters. The lowest BCUT2D eigenvalue weighted by molar-refractivity contribution is -0.137. The number of ether oxygens (including phenoxy) is 2. The summed E-state index contributed by atoms with van der Waals surface area (Å²) in [5, 5.41) is 8.78. The summed E-state index contributed by atoms with van der Waals surface area (Å²) in [6.45, 7) is 9.05. The Bertz CT molecular complexity index is 2760. The fourth-order valence-electron chi connectivity index (χ4n) is 8.14. The number of carbonyl (C=O) groups excluding carboxylic acids is 2. The first kappa shape index (κ1) is 32.4. The van der Waals surface area contributed by atoms with Crippen molar-refractivity contribution in [3.05, 3.63) is 180 Å². The molecule has 4 heteroatoms. The van der Waals surface area contributed by atoms with Gasteiger partial charge in [-0.3, -0.25) is 4.79 Å². The Morgan fingerprint density at radius 2 is 0.962 bits per heavy atom. The molecule has 0 spiro atoms. The molecule has 1 aliphatic carbocycles. The van der Waals surface area contributed by atoms with Crippen LogP contribution in [0.5, 0.6) is 11.5 Å². The van der Waals surface area contributed by atoms with Crippen molar-refractivity contribution in [2.75, 3.05) is 0 Å². The lowest BCUT2D eigenvalue weighted by Gasteiger charge is -2.36. The molecule has 53 heavy (non-hydrogen) atoms. The van der Waals surface area contributed by atoms with E-state index in [1.165, 1.54) is 43.8 Å². The van der Waals surface area contributed by atoms with Crippen LogP contribution in [0.1, 0.15) is 43.0 Å². The number of rotatable bonds is 6. The van der Waals surface area contributed by atoms with Crippen molar-refractivity contribution in [2.45, 2.75) is 26.2 Å². The van der Waals surface area contributed by atoms with E-state index in [4.69, 9.17) is 9.47 Å². The van der Waals surface area contributed by atoms with Gasteiger partial charge in [-0.05, 0) is 120 Å². The van der Waals surface area contributed by atoms with Crippen LogP contribution in [0.15, 0.2) is 158 Å². The maximum atomic E-state index is 12.5. The normalized spacial score (nSPS) is 13.0. The van der Waals surface area contributed by atoms with Crippen molar-refractivity contribution in [1.29, 1.82) is 0 Å². The molecule has 0 aromatic heterocycles. The van der Waals surface area contributed by atoms with Gasteiger partial charge in [0.05, 0.1) is 11.3 Å². The van der Waals surface area contributed by atoms with Gasteiger partial charge in [0, 0.05) is 5.57 Å². The van der Waals surface area contributed by atoms with E-state index in [1.54, 1.807) is 6.92 Å². The summed E-state index contributed by atoms with van der Waals surface area (Å²) in [6.07, 6.45) is 0. The van der Waals surface area contributed by atoms with Crippen molar-refractivity contribution in [3.8, 4) is 22.6 Å². The van der Waals surface area contributed by atoms with E-state index in [2.05, 4.69) is 116 Å². The van der Waals surface area contributed by atoms with Gasteiger partial charge in [0.1, 0.15) is 11.5 Å². The molecule has 0 saturated carbocycles. The van der Waals surface area contributed by atoms with Gasteiger partial charge in [-0.1, -0.05) is 130 Å². The minimum absolute atomic E-state index is 0.222. The number of benzene rings is 8. The SMILES string of the molecule is C=C(C)C(=O)Oc1ccc2cc(C3(c4ccc5cc(OC(=O)C(C)C)ccc5c4)c4c(ccc5ccccc45)-c4ccc5ccccc5c43)ccc2c1. The molecule has 256 valence electrons. The summed E-state index contributed by atoms with van der Waals surface area (Å²) in [4.78, 5) is 24.8. The monoisotopic (exact) mass is 688 g/mol. The molecule has 9 rings (SSSR count). The molecule has 0 amide bonds. The fourth-order valence-corrected chi connectivity index (χ4v) is 8.14. The molecule has 8 aromatic rings. The van der Waals surface area contributed by atoms with E-state index >= 15 is 0 Å². The molecule has 0 saturated heterocycles. The van der Waals surface area contributed by atoms with Crippen LogP contribution in [0, 0.1) is 5.92 Å². The Labute approximate surface area is 307 Å². The molecular weight excluding hydrogens is 653 g/mol.